The van der Waals surface area contributed by atoms with Gasteiger partial charge in [0, 0.05) is 24.2 Å². The minimum atomic E-state index is 0.0534. The Labute approximate surface area is 107 Å². The number of benzene rings is 1. The predicted octanol–water partition coefficient (Wildman–Crippen LogP) is 2.80. The predicted molar refractivity (Wildman–Crippen MR) is 72.3 cm³/mol. The van der Waals surface area contributed by atoms with E-state index in [9.17, 15) is 0 Å². The molecule has 1 aliphatic rings. The fourth-order valence-corrected chi connectivity index (χ4v) is 2.57. The standard InChI is InChI=1S/C15H18N2O/c16-14(10-13-4-2-8-18-13)11-5-6-15-12(9-11)3-1-7-17-15/h1,3,5-7,9,13-14H,2,4,8,10,16H2. The molecule has 2 atom stereocenters. The molecule has 2 N–H and O–H groups in total. The molecule has 1 aliphatic heterocycles. The molecule has 3 nitrogen and oxygen atoms in total. The fourth-order valence-electron chi connectivity index (χ4n) is 2.57. The number of fused-ring (bicyclic) bond motifs is 1. The van der Waals surface area contributed by atoms with E-state index in [-0.39, 0.29) is 6.04 Å². The first-order valence-corrected chi connectivity index (χ1v) is 6.55. The van der Waals surface area contributed by atoms with Gasteiger partial charge in [0.2, 0.25) is 0 Å². The minimum Gasteiger partial charge on any atom is -0.378 e. The summed E-state index contributed by atoms with van der Waals surface area (Å²) >= 11 is 0. The Balaban J connectivity index is 1.80. The Morgan fingerprint density at radius 1 is 1.39 bits per heavy atom. The van der Waals surface area contributed by atoms with E-state index in [1.807, 2.05) is 18.3 Å². The van der Waals surface area contributed by atoms with Gasteiger partial charge in [-0.1, -0.05) is 12.1 Å². The van der Waals surface area contributed by atoms with Gasteiger partial charge >= 0.3 is 0 Å². The first kappa shape index (κ1) is 11.6. The second kappa shape index (κ2) is 5.04. The van der Waals surface area contributed by atoms with Gasteiger partial charge in [-0.2, -0.15) is 0 Å². The smallest absolute Gasteiger partial charge is 0.0702 e. The van der Waals surface area contributed by atoms with Crippen LogP contribution in [-0.2, 0) is 4.74 Å². The highest BCUT2D eigenvalue weighted by atomic mass is 16.5. The molecule has 0 amide bonds. The van der Waals surface area contributed by atoms with Crippen molar-refractivity contribution in [3.05, 3.63) is 42.1 Å². The van der Waals surface area contributed by atoms with Gasteiger partial charge in [0.1, 0.15) is 0 Å². The van der Waals surface area contributed by atoms with Crippen molar-refractivity contribution in [2.75, 3.05) is 6.61 Å². The third-order valence-electron chi connectivity index (χ3n) is 3.60. The van der Waals surface area contributed by atoms with E-state index >= 15 is 0 Å². The van der Waals surface area contributed by atoms with Gasteiger partial charge in [-0.15, -0.1) is 0 Å². The Morgan fingerprint density at radius 2 is 2.33 bits per heavy atom. The molecule has 18 heavy (non-hydrogen) atoms. The molecule has 2 unspecified atom stereocenters. The number of hydrogen-bond donors (Lipinski definition) is 1. The molecule has 1 aromatic heterocycles. The first-order chi connectivity index (χ1) is 8.83. The molecule has 0 bridgehead atoms. The van der Waals surface area contributed by atoms with Crippen LogP contribution < -0.4 is 5.73 Å². The van der Waals surface area contributed by atoms with Crippen LogP contribution in [-0.4, -0.2) is 17.7 Å². The summed E-state index contributed by atoms with van der Waals surface area (Å²) in [6.45, 7) is 0.888. The maximum absolute atomic E-state index is 6.27. The monoisotopic (exact) mass is 242 g/mol. The van der Waals surface area contributed by atoms with E-state index < -0.39 is 0 Å². The van der Waals surface area contributed by atoms with E-state index in [0.717, 1.165) is 30.4 Å². The number of hydrogen-bond acceptors (Lipinski definition) is 3. The molecule has 2 heterocycles. The van der Waals surface area contributed by atoms with Gasteiger partial charge < -0.3 is 10.5 Å². The highest BCUT2D eigenvalue weighted by Gasteiger charge is 2.19. The number of nitrogens with two attached hydrogens (primary N) is 1. The Hall–Kier alpha value is -1.45. The lowest BCUT2D eigenvalue weighted by Crippen LogP contribution is -2.18. The Bertz CT molecular complexity index is 535. The fraction of sp³-hybridized carbons (Fsp3) is 0.400. The molecule has 1 fully saturated rings. The molecule has 3 heteroatoms. The highest BCUT2D eigenvalue weighted by molar-refractivity contribution is 5.79. The summed E-state index contributed by atoms with van der Waals surface area (Å²) < 4.78 is 5.64. The first-order valence-electron chi connectivity index (χ1n) is 6.55. The van der Waals surface area contributed by atoms with Crippen LogP contribution in [0.4, 0.5) is 0 Å². The number of nitrogens with zero attached hydrogens (tertiary/aromatic N) is 1. The SMILES string of the molecule is NC(CC1CCCO1)c1ccc2ncccc2c1. The van der Waals surface area contributed by atoms with E-state index in [1.165, 1.54) is 12.0 Å². The quantitative estimate of drug-likeness (QED) is 0.900. The van der Waals surface area contributed by atoms with Gasteiger partial charge in [0.05, 0.1) is 11.6 Å². The zero-order valence-electron chi connectivity index (χ0n) is 10.4. The van der Waals surface area contributed by atoms with Crippen LogP contribution in [0, 0.1) is 0 Å². The third kappa shape index (κ3) is 2.37. The van der Waals surface area contributed by atoms with Gasteiger partial charge in [0.25, 0.3) is 0 Å². The molecule has 0 radical (unpaired) electrons. The van der Waals surface area contributed by atoms with Crippen LogP contribution in [0.5, 0.6) is 0 Å². The zero-order valence-corrected chi connectivity index (χ0v) is 10.4. The van der Waals surface area contributed by atoms with Gasteiger partial charge in [-0.3, -0.25) is 4.98 Å². The van der Waals surface area contributed by atoms with Crippen LogP contribution in [0.1, 0.15) is 30.9 Å². The third-order valence-corrected chi connectivity index (χ3v) is 3.60. The van der Waals surface area contributed by atoms with Gasteiger partial charge in [-0.05, 0) is 43.0 Å². The van der Waals surface area contributed by atoms with Crippen LogP contribution in [0.25, 0.3) is 10.9 Å². The molecule has 1 aromatic carbocycles. The second-order valence-corrected chi connectivity index (χ2v) is 4.93. The molecule has 3 rings (SSSR count). The summed E-state index contributed by atoms with van der Waals surface area (Å²) in [4.78, 5) is 4.32. The van der Waals surface area contributed by atoms with Crippen LogP contribution in [0.15, 0.2) is 36.5 Å². The molecule has 0 saturated carbocycles. The van der Waals surface area contributed by atoms with Crippen molar-refractivity contribution in [3.63, 3.8) is 0 Å². The summed E-state index contributed by atoms with van der Waals surface area (Å²) in [5.74, 6) is 0. The maximum Gasteiger partial charge on any atom is 0.0702 e. The van der Waals surface area contributed by atoms with Crippen LogP contribution in [0.3, 0.4) is 0 Å². The van der Waals surface area contributed by atoms with Crippen molar-refractivity contribution >= 4 is 10.9 Å². The normalized spacial score (nSPS) is 21.3. The lowest BCUT2D eigenvalue weighted by atomic mass is 9.99. The topological polar surface area (TPSA) is 48.1 Å². The average Bonchev–Trinajstić information content (AvgIpc) is 2.91. The molecule has 0 spiro atoms. The Kier molecular flexibility index (Phi) is 3.26. The molecule has 1 saturated heterocycles. The summed E-state index contributed by atoms with van der Waals surface area (Å²) in [7, 11) is 0. The van der Waals surface area contributed by atoms with Gasteiger partial charge in [-0.25, -0.2) is 0 Å². The van der Waals surface area contributed by atoms with E-state index in [1.54, 1.807) is 0 Å². The number of ether oxygens (including phenoxy) is 1. The van der Waals surface area contributed by atoms with Crippen molar-refractivity contribution in [1.82, 2.24) is 4.98 Å². The molecular formula is C15H18N2O. The van der Waals surface area contributed by atoms with Crippen molar-refractivity contribution in [1.29, 1.82) is 0 Å². The number of pyridine rings is 1. The van der Waals surface area contributed by atoms with E-state index in [0.29, 0.717) is 6.10 Å². The van der Waals surface area contributed by atoms with Crippen molar-refractivity contribution in [2.24, 2.45) is 5.73 Å². The van der Waals surface area contributed by atoms with Crippen LogP contribution in [0.2, 0.25) is 0 Å². The summed E-state index contributed by atoms with van der Waals surface area (Å²) in [6, 6.07) is 10.3. The maximum atomic E-state index is 6.27. The highest BCUT2D eigenvalue weighted by Crippen LogP contribution is 2.25. The molecule has 0 aliphatic carbocycles. The van der Waals surface area contributed by atoms with Crippen LogP contribution >= 0.6 is 0 Å². The average molecular weight is 242 g/mol. The van der Waals surface area contributed by atoms with E-state index in [4.69, 9.17) is 10.5 Å². The molecule has 2 aromatic rings. The van der Waals surface area contributed by atoms with E-state index in [2.05, 4.69) is 23.2 Å². The minimum absolute atomic E-state index is 0.0534. The van der Waals surface area contributed by atoms with Crippen molar-refractivity contribution in [2.45, 2.75) is 31.4 Å². The van der Waals surface area contributed by atoms with Gasteiger partial charge in [0.15, 0.2) is 0 Å². The summed E-state index contributed by atoms with van der Waals surface area (Å²) in [6.07, 6.45) is 5.37. The lowest BCUT2D eigenvalue weighted by molar-refractivity contribution is 0.0983. The lowest BCUT2D eigenvalue weighted by Gasteiger charge is -2.16. The Morgan fingerprint density at radius 3 is 3.17 bits per heavy atom. The molecular weight excluding hydrogens is 224 g/mol. The molecule has 94 valence electrons. The number of aromatic nitrogens is 1. The summed E-state index contributed by atoms with van der Waals surface area (Å²) in [5.41, 5.74) is 8.46. The summed E-state index contributed by atoms with van der Waals surface area (Å²) in [5, 5.41) is 1.15. The largest absolute Gasteiger partial charge is 0.378 e. The number of rotatable bonds is 3. The van der Waals surface area contributed by atoms with Crippen molar-refractivity contribution < 1.29 is 4.74 Å². The van der Waals surface area contributed by atoms with Crippen molar-refractivity contribution in [3.8, 4) is 0 Å². The zero-order chi connectivity index (χ0) is 12.4. The second-order valence-electron chi connectivity index (χ2n) is 4.93.